The predicted molar refractivity (Wildman–Crippen MR) is 87.6 cm³/mol. The van der Waals surface area contributed by atoms with Crippen LogP contribution in [0.2, 0.25) is 5.02 Å². The molecular formula is C17H15ClN2O2. The van der Waals surface area contributed by atoms with Gasteiger partial charge in [-0.15, -0.1) is 0 Å². The van der Waals surface area contributed by atoms with Crippen molar-refractivity contribution in [3.63, 3.8) is 0 Å². The Morgan fingerprint density at radius 3 is 2.86 bits per heavy atom. The zero-order valence-electron chi connectivity index (χ0n) is 11.9. The Hall–Kier alpha value is -2.33. The van der Waals surface area contributed by atoms with Gasteiger partial charge in [0.25, 0.3) is 5.56 Å². The minimum Gasteiger partial charge on any atom is -0.493 e. The van der Waals surface area contributed by atoms with Crippen LogP contribution < -0.4 is 10.3 Å². The Bertz CT molecular complexity index is 845. The molecule has 22 heavy (non-hydrogen) atoms. The van der Waals surface area contributed by atoms with Gasteiger partial charge >= 0.3 is 0 Å². The van der Waals surface area contributed by atoms with E-state index >= 15 is 0 Å². The van der Waals surface area contributed by atoms with Crippen molar-refractivity contribution >= 4 is 22.5 Å². The second-order valence-corrected chi connectivity index (χ2v) is 5.36. The summed E-state index contributed by atoms with van der Waals surface area (Å²) in [6, 6.07) is 14.6. The molecule has 0 aliphatic carbocycles. The van der Waals surface area contributed by atoms with E-state index in [9.17, 15) is 4.79 Å². The first kappa shape index (κ1) is 14.6. The Labute approximate surface area is 132 Å². The highest BCUT2D eigenvalue weighted by Gasteiger charge is 2.03. The summed E-state index contributed by atoms with van der Waals surface area (Å²) in [4.78, 5) is 16.6. The van der Waals surface area contributed by atoms with Crippen LogP contribution in [0.3, 0.4) is 0 Å². The number of halogens is 1. The minimum atomic E-state index is -0.0200. The van der Waals surface area contributed by atoms with Gasteiger partial charge in [0.2, 0.25) is 0 Å². The van der Waals surface area contributed by atoms with Crippen LogP contribution in [0.25, 0.3) is 10.9 Å². The molecule has 0 saturated carbocycles. The molecule has 112 valence electrons. The van der Waals surface area contributed by atoms with E-state index in [-0.39, 0.29) is 5.56 Å². The maximum atomic E-state index is 12.3. The molecule has 3 rings (SSSR count). The van der Waals surface area contributed by atoms with Crippen molar-refractivity contribution in [2.24, 2.45) is 0 Å². The van der Waals surface area contributed by atoms with E-state index in [1.54, 1.807) is 29.1 Å². The van der Waals surface area contributed by atoms with Crippen LogP contribution >= 0.6 is 11.6 Å². The third-order valence-corrected chi connectivity index (χ3v) is 3.57. The monoisotopic (exact) mass is 314 g/mol. The van der Waals surface area contributed by atoms with Gasteiger partial charge in [-0.2, -0.15) is 0 Å². The number of hydrogen-bond donors (Lipinski definition) is 0. The van der Waals surface area contributed by atoms with E-state index in [0.29, 0.717) is 30.0 Å². The average molecular weight is 315 g/mol. The van der Waals surface area contributed by atoms with Gasteiger partial charge in [0.05, 0.1) is 23.8 Å². The minimum absolute atomic E-state index is 0.0200. The van der Waals surface area contributed by atoms with Gasteiger partial charge in [-0.25, -0.2) is 4.98 Å². The summed E-state index contributed by atoms with van der Waals surface area (Å²) in [5.41, 5.74) is 0.701. The van der Waals surface area contributed by atoms with E-state index in [2.05, 4.69) is 4.98 Å². The molecule has 1 heterocycles. The van der Waals surface area contributed by atoms with Crippen LogP contribution in [0.1, 0.15) is 6.42 Å². The van der Waals surface area contributed by atoms with Crippen molar-refractivity contribution in [2.75, 3.05) is 6.61 Å². The predicted octanol–water partition coefficient (Wildman–Crippen LogP) is 3.52. The summed E-state index contributed by atoms with van der Waals surface area (Å²) in [6.07, 6.45) is 2.30. The van der Waals surface area contributed by atoms with Crippen LogP contribution in [-0.2, 0) is 6.54 Å². The Balaban J connectivity index is 1.62. The molecule has 5 heteroatoms. The first-order valence-corrected chi connectivity index (χ1v) is 7.44. The lowest BCUT2D eigenvalue weighted by molar-refractivity contribution is 0.301. The van der Waals surface area contributed by atoms with Crippen molar-refractivity contribution in [2.45, 2.75) is 13.0 Å². The molecule has 3 aromatic rings. The molecule has 1 aromatic heterocycles. The van der Waals surface area contributed by atoms with Crippen molar-refractivity contribution in [1.82, 2.24) is 9.55 Å². The topological polar surface area (TPSA) is 44.1 Å². The van der Waals surface area contributed by atoms with Crippen molar-refractivity contribution in [3.8, 4) is 5.75 Å². The summed E-state index contributed by atoms with van der Waals surface area (Å²) in [7, 11) is 0. The number of rotatable bonds is 5. The molecule has 0 saturated heterocycles. The van der Waals surface area contributed by atoms with Crippen molar-refractivity contribution in [1.29, 1.82) is 0 Å². The number of aryl methyl sites for hydroxylation is 1. The SMILES string of the molecule is O=c1c2ccccc2ncn1CCCOc1cccc(Cl)c1. The fourth-order valence-electron chi connectivity index (χ4n) is 2.25. The molecule has 0 bridgehead atoms. The largest absolute Gasteiger partial charge is 0.493 e. The highest BCUT2D eigenvalue weighted by Crippen LogP contribution is 2.17. The van der Waals surface area contributed by atoms with Gasteiger partial charge in [0.15, 0.2) is 0 Å². The number of fused-ring (bicyclic) bond motifs is 1. The van der Waals surface area contributed by atoms with Crippen LogP contribution in [0.5, 0.6) is 5.75 Å². The van der Waals surface area contributed by atoms with Crippen LogP contribution in [-0.4, -0.2) is 16.2 Å². The van der Waals surface area contributed by atoms with Gasteiger partial charge in [-0.05, 0) is 36.8 Å². The molecule has 0 unspecified atom stereocenters. The van der Waals surface area contributed by atoms with Crippen LogP contribution in [0, 0.1) is 0 Å². The number of ether oxygens (including phenoxy) is 1. The van der Waals surface area contributed by atoms with Crippen LogP contribution in [0.15, 0.2) is 59.7 Å². The molecule has 0 spiro atoms. The third kappa shape index (κ3) is 3.28. The molecule has 0 fully saturated rings. The van der Waals surface area contributed by atoms with Gasteiger partial charge < -0.3 is 4.74 Å². The molecule has 0 amide bonds. The van der Waals surface area contributed by atoms with Crippen molar-refractivity contribution < 1.29 is 4.74 Å². The highest BCUT2D eigenvalue weighted by atomic mass is 35.5. The lowest BCUT2D eigenvalue weighted by Crippen LogP contribution is -2.21. The fraction of sp³-hybridized carbons (Fsp3) is 0.176. The average Bonchev–Trinajstić information content (AvgIpc) is 2.54. The Kier molecular flexibility index (Phi) is 4.39. The number of nitrogens with zero attached hydrogens (tertiary/aromatic N) is 2. The maximum Gasteiger partial charge on any atom is 0.261 e. The highest BCUT2D eigenvalue weighted by molar-refractivity contribution is 6.30. The van der Waals surface area contributed by atoms with Gasteiger partial charge in [-0.3, -0.25) is 9.36 Å². The number of para-hydroxylation sites is 1. The summed E-state index contributed by atoms with van der Waals surface area (Å²) in [5.74, 6) is 0.733. The summed E-state index contributed by atoms with van der Waals surface area (Å²) in [6.45, 7) is 1.08. The lowest BCUT2D eigenvalue weighted by atomic mass is 10.2. The first-order valence-electron chi connectivity index (χ1n) is 7.06. The van der Waals surface area contributed by atoms with Gasteiger partial charge in [-0.1, -0.05) is 29.8 Å². The lowest BCUT2D eigenvalue weighted by Gasteiger charge is -2.08. The molecule has 0 aliphatic heterocycles. The fourth-order valence-corrected chi connectivity index (χ4v) is 2.43. The second-order valence-electron chi connectivity index (χ2n) is 4.92. The standard InChI is InChI=1S/C17H15ClN2O2/c18-13-5-3-6-14(11-13)22-10-4-9-20-12-19-16-8-2-1-7-15(16)17(20)21/h1-3,5-8,11-12H,4,9-10H2. The van der Waals surface area contributed by atoms with E-state index in [1.807, 2.05) is 30.3 Å². The Morgan fingerprint density at radius 2 is 2.00 bits per heavy atom. The molecular weight excluding hydrogens is 300 g/mol. The molecule has 0 aliphatic rings. The van der Waals surface area contributed by atoms with E-state index < -0.39 is 0 Å². The maximum absolute atomic E-state index is 12.3. The second kappa shape index (κ2) is 6.62. The van der Waals surface area contributed by atoms with Gasteiger partial charge in [0.1, 0.15) is 5.75 Å². The smallest absolute Gasteiger partial charge is 0.261 e. The third-order valence-electron chi connectivity index (χ3n) is 3.34. The summed E-state index contributed by atoms with van der Waals surface area (Å²) in [5, 5.41) is 1.29. The van der Waals surface area contributed by atoms with Gasteiger partial charge in [0, 0.05) is 11.6 Å². The first-order chi connectivity index (χ1) is 10.7. The normalized spacial score (nSPS) is 10.8. The zero-order chi connectivity index (χ0) is 15.4. The van der Waals surface area contributed by atoms with E-state index in [0.717, 1.165) is 11.3 Å². The number of aromatic nitrogens is 2. The number of hydrogen-bond acceptors (Lipinski definition) is 3. The summed E-state index contributed by atoms with van der Waals surface area (Å²) < 4.78 is 7.23. The summed E-state index contributed by atoms with van der Waals surface area (Å²) >= 11 is 5.90. The number of benzene rings is 2. The quantitative estimate of drug-likeness (QED) is 0.677. The van der Waals surface area contributed by atoms with E-state index in [1.165, 1.54) is 0 Å². The van der Waals surface area contributed by atoms with Crippen LogP contribution in [0.4, 0.5) is 0 Å². The molecule has 0 N–H and O–H groups in total. The molecule has 2 aromatic carbocycles. The molecule has 0 radical (unpaired) electrons. The van der Waals surface area contributed by atoms with E-state index in [4.69, 9.17) is 16.3 Å². The molecule has 4 nitrogen and oxygen atoms in total. The molecule has 0 atom stereocenters. The Morgan fingerprint density at radius 1 is 1.14 bits per heavy atom. The van der Waals surface area contributed by atoms with Crippen molar-refractivity contribution in [3.05, 3.63) is 70.2 Å². The zero-order valence-corrected chi connectivity index (χ0v) is 12.7.